The first kappa shape index (κ1) is 8.93. The summed E-state index contributed by atoms with van der Waals surface area (Å²) in [7, 11) is 0. The summed E-state index contributed by atoms with van der Waals surface area (Å²) in [4.78, 5) is 20.4. The fourth-order valence-electron chi connectivity index (χ4n) is 1.27. The number of hydrogen-bond donors (Lipinski definition) is 1. The Kier molecular flexibility index (Phi) is 3.47. The van der Waals surface area contributed by atoms with Crippen molar-refractivity contribution in [2.75, 3.05) is 6.54 Å². The Morgan fingerprint density at radius 1 is 1.42 bits per heavy atom. The Morgan fingerprint density at radius 2 is 2.25 bits per heavy atom. The highest BCUT2D eigenvalue weighted by Gasteiger charge is 2.22. The van der Waals surface area contributed by atoms with Crippen LogP contribution in [0.15, 0.2) is 12.3 Å². The predicted octanol–water partition coefficient (Wildman–Crippen LogP) is -0.133. The number of allylic oxidation sites excluding steroid dienone is 1. The molecule has 0 aromatic heterocycles. The third-order valence-electron chi connectivity index (χ3n) is 1.87. The molecule has 12 heavy (non-hydrogen) atoms. The second kappa shape index (κ2) is 4.66. The summed E-state index contributed by atoms with van der Waals surface area (Å²) in [5.41, 5.74) is 2.87. The van der Waals surface area contributed by atoms with Crippen molar-refractivity contribution >= 4 is 12.6 Å². The molecule has 0 saturated carbocycles. The molecule has 66 valence electrons. The molecule has 1 N–H and O–H groups in total. The van der Waals surface area contributed by atoms with Crippen LogP contribution in [0.3, 0.4) is 0 Å². The Hall–Kier alpha value is -1.16. The van der Waals surface area contributed by atoms with Crippen molar-refractivity contribution in [3.05, 3.63) is 12.3 Å². The van der Waals surface area contributed by atoms with Gasteiger partial charge in [0.15, 0.2) is 0 Å². The van der Waals surface area contributed by atoms with E-state index in [0.717, 1.165) is 25.7 Å². The van der Waals surface area contributed by atoms with E-state index < -0.39 is 0 Å². The summed E-state index contributed by atoms with van der Waals surface area (Å²) < 4.78 is 0. The number of nitrogens with one attached hydrogen (secondary N) is 1. The SMILES string of the molecule is O=CC=CNN1CCC[C@H]1C=O. The number of carbonyl (C=O) groups excluding carboxylic acids is 2. The van der Waals surface area contributed by atoms with Crippen molar-refractivity contribution in [1.82, 2.24) is 10.4 Å². The Balaban J connectivity index is 2.35. The van der Waals surface area contributed by atoms with E-state index in [9.17, 15) is 9.59 Å². The monoisotopic (exact) mass is 168 g/mol. The molecule has 4 heteroatoms. The molecule has 0 amide bonds. The van der Waals surface area contributed by atoms with Gasteiger partial charge in [-0.05, 0) is 18.9 Å². The maximum atomic E-state index is 10.5. The van der Waals surface area contributed by atoms with E-state index in [4.69, 9.17) is 0 Å². The zero-order valence-corrected chi connectivity index (χ0v) is 6.77. The maximum Gasteiger partial charge on any atom is 0.144 e. The van der Waals surface area contributed by atoms with Gasteiger partial charge < -0.3 is 10.2 Å². The maximum absolute atomic E-state index is 10.5. The minimum atomic E-state index is -0.0405. The molecule has 0 spiro atoms. The topological polar surface area (TPSA) is 49.4 Å². The van der Waals surface area contributed by atoms with Crippen LogP contribution >= 0.6 is 0 Å². The predicted molar refractivity (Wildman–Crippen MR) is 44.1 cm³/mol. The number of nitrogens with zero attached hydrogens (tertiary/aromatic N) is 1. The highest BCUT2D eigenvalue weighted by molar-refractivity contribution is 5.64. The zero-order valence-electron chi connectivity index (χ0n) is 6.77. The summed E-state index contributed by atoms with van der Waals surface area (Å²) >= 11 is 0. The van der Waals surface area contributed by atoms with Crippen LogP contribution in [0.1, 0.15) is 12.8 Å². The Bertz CT molecular complexity index is 191. The van der Waals surface area contributed by atoms with Crippen molar-refractivity contribution in [1.29, 1.82) is 0 Å². The first-order valence-electron chi connectivity index (χ1n) is 3.97. The summed E-state index contributed by atoms with van der Waals surface area (Å²) in [6.07, 6.45) is 6.43. The van der Waals surface area contributed by atoms with Crippen LogP contribution in [0.4, 0.5) is 0 Å². The Labute approximate surface area is 71.2 Å². The number of hydrogen-bond acceptors (Lipinski definition) is 4. The second-order valence-electron chi connectivity index (χ2n) is 2.66. The normalized spacial score (nSPS) is 24.5. The molecule has 0 unspecified atom stereocenters. The van der Waals surface area contributed by atoms with Crippen molar-refractivity contribution in [3.8, 4) is 0 Å². The molecule has 0 aromatic rings. The second-order valence-corrected chi connectivity index (χ2v) is 2.66. The molecule has 1 saturated heterocycles. The van der Waals surface area contributed by atoms with Gasteiger partial charge in [0.2, 0.25) is 0 Å². The molecule has 0 aliphatic carbocycles. The third-order valence-corrected chi connectivity index (χ3v) is 1.87. The van der Waals surface area contributed by atoms with Crippen molar-refractivity contribution in [2.24, 2.45) is 0 Å². The largest absolute Gasteiger partial charge is 0.325 e. The highest BCUT2D eigenvalue weighted by atomic mass is 16.1. The highest BCUT2D eigenvalue weighted by Crippen LogP contribution is 2.11. The number of carbonyl (C=O) groups is 2. The molecule has 1 fully saturated rings. The van der Waals surface area contributed by atoms with Gasteiger partial charge in [-0.25, -0.2) is 5.01 Å². The first-order valence-corrected chi connectivity index (χ1v) is 3.97. The minimum Gasteiger partial charge on any atom is -0.325 e. The summed E-state index contributed by atoms with van der Waals surface area (Å²) in [5.74, 6) is 0. The van der Waals surface area contributed by atoms with E-state index in [1.165, 1.54) is 12.3 Å². The average Bonchev–Trinajstić information content (AvgIpc) is 2.52. The van der Waals surface area contributed by atoms with E-state index in [1.54, 1.807) is 0 Å². The molecular weight excluding hydrogens is 156 g/mol. The zero-order chi connectivity index (χ0) is 8.81. The molecule has 1 aliphatic rings. The van der Waals surface area contributed by atoms with Gasteiger partial charge in [0.25, 0.3) is 0 Å². The third kappa shape index (κ3) is 2.17. The summed E-state index contributed by atoms with van der Waals surface area (Å²) in [6, 6.07) is -0.0405. The molecular formula is C8H12N2O2. The van der Waals surface area contributed by atoms with Gasteiger partial charge in [-0.2, -0.15) is 0 Å². The standard InChI is InChI=1S/C8H12N2O2/c11-6-2-4-9-10-5-1-3-8(10)7-12/h2,4,6-9H,1,3,5H2/t8-/m0/s1. The first-order chi connectivity index (χ1) is 5.88. The minimum absolute atomic E-state index is 0.0405. The van der Waals surface area contributed by atoms with Crippen molar-refractivity contribution in [2.45, 2.75) is 18.9 Å². The van der Waals surface area contributed by atoms with Gasteiger partial charge in [0.1, 0.15) is 12.6 Å². The molecule has 1 aliphatic heterocycles. The fourth-order valence-corrected chi connectivity index (χ4v) is 1.27. The van der Waals surface area contributed by atoms with E-state index in [-0.39, 0.29) is 6.04 Å². The van der Waals surface area contributed by atoms with Gasteiger partial charge in [0, 0.05) is 12.7 Å². The van der Waals surface area contributed by atoms with Gasteiger partial charge in [0.05, 0.1) is 6.04 Å². The fraction of sp³-hybridized carbons (Fsp3) is 0.500. The lowest BCUT2D eigenvalue weighted by atomic mass is 10.2. The van der Waals surface area contributed by atoms with Crippen LogP contribution in [0, 0.1) is 0 Å². The van der Waals surface area contributed by atoms with E-state index in [2.05, 4.69) is 5.43 Å². The lowest BCUT2D eigenvalue weighted by Crippen LogP contribution is -2.39. The Morgan fingerprint density at radius 3 is 2.92 bits per heavy atom. The van der Waals surface area contributed by atoms with Gasteiger partial charge in [-0.3, -0.25) is 4.79 Å². The number of aldehydes is 2. The van der Waals surface area contributed by atoms with Gasteiger partial charge in [-0.1, -0.05) is 0 Å². The van der Waals surface area contributed by atoms with Crippen molar-refractivity contribution < 1.29 is 9.59 Å². The molecule has 4 nitrogen and oxygen atoms in total. The molecule has 1 heterocycles. The number of rotatable bonds is 4. The summed E-state index contributed by atoms with van der Waals surface area (Å²) in [5, 5.41) is 1.83. The van der Waals surface area contributed by atoms with Crippen LogP contribution in [0.5, 0.6) is 0 Å². The molecule has 1 atom stereocenters. The molecule has 0 radical (unpaired) electrons. The average molecular weight is 168 g/mol. The lowest BCUT2D eigenvalue weighted by Gasteiger charge is -2.18. The summed E-state index contributed by atoms with van der Waals surface area (Å²) in [6.45, 7) is 0.854. The van der Waals surface area contributed by atoms with E-state index in [1.807, 2.05) is 5.01 Å². The van der Waals surface area contributed by atoms with Gasteiger partial charge >= 0.3 is 0 Å². The van der Waals surface area contributed by atoms with E-state index in [0.29, 0.717) is 6.29 Å². The number of hydrazine groups is 1. The van der Waals surface area contributed by atoms with E-state index >= 15 is 0 Å². The smallest absolute Gasteiger partial charge is 0.144 e. The van der Waals surface area contributed by atoms with Gasteiger partial charge in [-0.15, -0.1) is 0 Å². The quantitative estimate of drug-likeness (QED) is 0.469. The van der Waals surface area contributed by atoms with Crippen LogP contribution in [0.2, 0.25) is 0 Å². The van der Waals surface area contributed by atoms with Crippen LogP contribution < -0.4 is 5.43 Å². The molecule has 1 rings (SSSR count). The lowest BCUT2D eigenvalue weighted by molar-refractivity contribution is -0.112. The van der Waals surface area contributed by atoms with Crippen LogP contribution in [-0.2, 0) is 9.59 Å². The van der Waals surface area contributed by atoms with Crippen LogP contribution in [-0.4, -0.2) is 30.2 Å². The molecule has 0 bridgehead atoms. The van der Waals surface area contributed by atoms with Crippen molar-refractivity contribution in [3.63, 3.8) is 0 Å². The molecule has 0 aromatic carbocycles. The van der Waals surface area contributed by atoms with Crippen LogP contribution in [0.25, 0.3) is 0 Å².